The minimum absolute atomic E-state index is 0.0481. The van der Waals surface area contributed by atoms with Crippen molar-refractivity contribution in [1.82, 2.24) is 0 Å². The Bertz CT molecular complexity index is 613. The van der Waals surface area contributed by atoms with Crippen molar-refractivity contribution in [1.29, 1.82) is 0 Å². The summed E-state index contributed by atoms with van der Waals surface area (Å²) in [6.45, 7) is 3.94. The number of hydrogen-bond acceptors (Lipinski definition) is 4. The predicted octanol–water partition coefficient (Wildman–Crippen LogP) is 7.62. The highest BCUT2D eigenvalue weighted by molar-refractivity contribution is 5.66. The third-order valence-corrected chi connectivity index (χ3v) is 7.87. The van der Waals surface area contributed by atoms with Gasteiger partial charge in [-0.2, -0.15) is 0 Å². The molecule has 0 unspecified atom stereocenters. The SMILES string of the molecule is CCCCCCCCCCCCCCCCCCC/C=C/[N+](CCCC(=O)[O-])(CCCC(=O)O)CCCC(=O)O. The van der Waals surface area contributed by atoms with Crippen molar-refractivity contribution in [3.8, 4) is 0 Å². The van der Waals surface area contributed by atoms with Crippen LogP contribution < -0.4 is 5.11 Å². The van der Waals surface area contributed by atoms with E-state index in [1.807, 2.05) is 0 Å². The lowest BCUT2D eigenvalue weighted by Crippen LogP contribution is -2.46. The van der Waals surface area contributed by atoms with Crippen LogP contribution in [0.2, 0.25) is 0 Å². The number of quaternary nitrogens is 1. The molecule has 0 aliphatic heterocycles. The van der Waals surface area contributed by atoms with Crippen LogP contribution in [0.5, 0.6) is 0 Å². The molecule has 0 atom stereocenters. The van der Waals surface area contributed by atoms with Crippen molar-refractivity contribution in [2.45, 2.75) is 161 Å². The number of aliphatic carboxylic acids is 3. The average Bonchev–Trinajstić information content (AvgIpc) is 2.89. The van der Waals surface area contributed by atoms with E-state index in [4.69, 9.17) is 10.2 Å². The molecule has 0 bridgehead atoms. The van der Waals surface area contributed by atoms with Crippen LogP contribution in [0, 0.1) is 0 Å². The summed E-state index contributed by atoms with van der Waals surface area (Å²) in [5.41, 5.74) is 0. The Labute approximate surface area is 245 Å². The number of carbonyl (C=O) groups is 3. The largest absolute Gasteiger partial charge is 0.550 e. The number of carboxylic acid groups (broad SMARTS) is 3. The molecule has 7 heteroatoms. The normalized spacial score (nSPS) is 11.8. The third kappa shape index (κ3) is 26.3. The summed E-state index contributed by atoms with van der Waals surface area (Å²) in [6, 6.07) is 0. The first kappa shape index (κ1) is 38.1. The number of rotatable bonds is 31. The minimum atomic E-state index is -1.10. The van der Waals surface area contributed by atoms with Crippen molar-refractivity contribution in [2.75, 3.05) is 19.6 Å². The highest BCUT2D eigenvalue weighted by Gasteiger charge is 2.25. The van der Waals surface area contributed by atoms with Crippen LogP contribution in [0.4, 0.5) is 0 Å². The minimum Gasteiger partial charge on any atom is -0.550 e. The first-order valence-electron chi connectivity index (χ1n) is 16.5. The van der Waals surface area contributed by atoms with Crippen molar-refractivity contribution in [2.24, 2.45) is 0 Å². The van der Waals surface area contributed by atoms with Gasteiger partial charge >= 0.3 is 11.9 Å². The van der Waals surface area contributed by atoms with Gasteiger partial charge in [0.15, 0.2) is 0 Å². The van der Waals surface area contributed by atoms with Gasteiger partial charge in [-0.05, 0) is 25.3 Å². The smallest absolute Gasteiger partial charge is 0.303 e. The van der Waals surface area contributed by atoms with Gasteiger partial charge in [0.05, 0.1) is 38.7 Å². The summed E-state index contributed by atoms with van der Waals surface area (Å²) in [7, 11) is 0. The molecule has 0 saturated heterocycles. The maximum atomic E-state index is 11.0. The number of unbranched alkanes of at least 4 members (excludes halogenated alkanes) is 17. The van der Waals surface area contributed by atoms with Gasteiger partial charge in [-0.25, -0.2) is 0 Å². The maximum absolute atomic E-state index is 11.0. The van der Waals surface area contributed by atoms with Gasteiger partial charge in [0.2, 0.25) is 0 Å². The predicted molar refractivity (Wildman–Crippen MR) is 161 cm³/mol. The summed E-state index contributed by atoms with van der Waals surface area (Å²) >= 11 is 0. The van der Waals surface area contributed by atoms with E-state index in [1.54, 1.807) is 0 Å². The molecule has 234 valence electrons. The molecule has 0 fully saturated rings. The molecule has 0 aliphatic rings. The monoisotopic (exact) mass is 567 g/mol. The first-order chi connectivity index (χ1) is 19.3. The molecule has 40 heavy (non-hydrogen) atoms. The quantitative estimate of drug-likeness (QED) is 0.0658. The van der Waals surface area contributed by atoms with E-state index in [-0.39, 0.29) is 19.3 Å². The summed E-state index contributed by atoms with van der Waals surface area (Å²) in [5, 5.41) is 29.1. The van der Waals surface area contributed by atoms with Gasteiger partial charge < -0.3 is 20.1 Å². The first-order valence-corrected chi connectivity index (χ1v) is 16.5. The van der Waals surface area contributed by atoms with Crippen LogP contribution in [0.3, 0.4) is 0 Å². The lowest BCUT2D eigenvalue weighted by atomic mass is 10.0. The topological polar surface area (TPSA) is 115 Å². The number of carbonyl (C=O) groups excluding carboxylic acids is 1. The van der Waals surface area contributed by atoms with E-state index >= 15 is 0 Å². The second kappa shape index (κ2) is 27.3. The zero-order valence-electron chi connectivity index (χ0n) is 25.7. The zero-order chi connectivity index (χ0) is 29.7. The van der Waals surface area contributed by atoms with E-state index in [1.165, 1.54) is 103 Å². The Morgan fingerprint density at radius 2 is 0.900 bits per heavy atom. The molecule has 0 rings (SSSR count). The van der Waals surface area contributed by atoms with Crippen LogP contribution in [0.25, 0.3) is 0 Å². The maximum Gasteiger partial charge on any atom is 0.303 e. The van der Waals surface area contributed by atoms with Gasteiger partial charge in [0.1, 0.15) is 0 Å². The summed E-state index contributed by atoms with van der Waals surface area (Å²) in [5.74, 6) is -2.81. The third-order valence-electron chi connectivity index (χ3n) is 7.87. The molecular formula is C33H61NO6. The Balaban J connectivity index is 4.19. The molecule has 0 saturated carbocycles. The number of allylic oxidation sites excluding steroid dienone is 1. The lowest BCUT2D eigenvalue weighted by molar-refractivity contribution is -0.880. The average molecular weight is 568 g/mol. The molecule has 0 heterocycles. The van der Waals surface area contributed by atoms with E-state index in [0.717, 1.165) is 12.8 Å². The molecule has 7 nitrogen and oxygen atoms in total. The van der Waals surface area contributed by atoms with Crippen LogP contribution >= 0.6 is 0 Å². The molecule has 2 N–H and O–H groups in total. The Morgan fingerprint density at radius 3 is 1.25 bits per heavy atom. The van der Waals surface area contributed by atoms with Gasteiger partial charge in [0, 0.05) is 25.2 Å². The highest BCUT2D eigenvalue weighted by atomic mass is 16.4. The standard InChI is InChI=1S/C33H61NO6/c1-2-3-4-5-6-7-8-9-10-11-12-13-14-15-16-17-18-19-20-27-34(28-21-24-31(35)36,29-22-25-32(37)38)30-23-26-33(39)40/h20,27H,2-19,21-26,28-30H2,1H3,(H2-,35,36,37,38,39,40)/b27-20+. The molecule has 0 aromatic carbocycles. The number of carboxylic acids is 3. The summed E-state index contributed by atoms with van der Waals surface area (Å²) in [4.78, 5) is 33.0. The molecule has 0 aromatic heterocycles. The summed E-state index contributed by atoms with van der Waals surface area (Å²) < 4.78 is 0.437. The van der Waals surface area contributed by atoms with Crippen LogP contribution in [-0.4, -0.2) is 52.2 Å². The fraction of sp³-hybridized carbons (Fsp3) is 0.848. The molecular weight excluding hydrogens is 506 g/mol. The second-order valence-electron chi connectivity index (χ2n) is 11.7. The Kier molecular flexibility index (Phi) is 26.0. The molecule has 0 aliphatic carbocycles. The fourth-order valence-corrected chi connectivity index (χ4v) is 5.47. The van der Waals surface area contributed by atoms with Gasteiger partial charge in [0.25, 0.3) is 0 Å². The van der Waals surface area contributed by atoms with Crippen molar-refractivity contribution >= 4 is 17.9 Å². The lowest BCUT2D eigenvalue weighted by Gasteiger charge is -2.35. The Hall–Kier alpha value is -1.89. The Morgan fingerprint density at radius 1 is 0.550 bits per heavy atom. The van der Waals surface area contributed by atoms with Gasteiger partial charge in [-0.1, -0.05) is 110 Å². The van der Waals surface area contributed by atoms with Gasteiger partial charge in [-0.15, -0.1) is 0 Å². The zero-order valence-corrected chi connectivity index (χ0v) is 25.7. The van der Waals surface area contributed by atoms with E-state index in [2.05, 4.69) is 19.2 Å². The number of hydrogen-bond donors (Lipinski definition) is 2. The van der Waals surface area contributed by atoms with E-state index in [0.29, 0.717) is 43.4 Å². The molecule has 0 radical (unpaired) electrons. The van der Waals surface area contributed by atoms with E-state index in [9.17, 15) is 19.5 Å². The van der Waals surface area contributed by atoms with E-state index < -0.39 is 17.9 Å². The fourth-order valence-electron chi connectivity index (χ4n) is 5.47. The van der Waals surface area contributed by atoms with Crippen molar-refractivity contribution in [3.05, 3.63) is 12.3 Å². The van der Waals surface area contributed by atoms with Crippen molar-refractivity contribution in [3.63, 3.8) is 0 Å². The van der Waals surface area contributed by atoms with Crippen molar-refractivity contribution < 1.29 is 34.2 Å². The molecule has 0 spiro atoms. The summed E-state index contributed by atoms with van der Waals surface area (Å²) in [6.07, 6.45) is 29.3. The highest BCUT2D eigenvalue weighted by Crippen LogP contribution is 2.18. The van der Waals surface area contributed by atoms with Crippen LogP contribution in [-0.2, 0) is 14.4 Å². The number of nitrogens with zero attached hydrogens (tertiary/aromatic N) is 1. The van der Waals surface area contributed by atoms with Crippen LogP contribution in [0.15, 0.2) is 12.3 Å². The van der Waals surface area contributed by atoms with Gasteiger partial charge in [-0.3, -0.25) is 14.1 Å². The second-order valence-corrected chi connectivity index (χ2v) is 11.7. The van der Waals surface area contributed by atoms with Crippen LogP contribution in [0.1, 0.15) is 161 Å². The molecule has 0 aromatic rings. The molecule has 0 amide bonds.